The number of ether oxygens (including phenoxy) is 1. The predicted octanol–water partition coefficient (Wildman–Crippen LogP) is 2.99. The van der Waals surface area contributed by atoms with Crippen molar-refractivity contribution in [3.8, 4) is 5.75 Å². The molecule has 2 N–H and O–H groups in total. The van der Waals surface area contributed by atoms with Gasteiger partial charge in [0.05, 0.1) is 6.61 Å². The normalized spacial score (nSPS) is 12.7. The molecule has 3 nitrogen and oxygen atoms in total. The van der Waals surface area contributed by atoms with E-state index in [4.69, 9.17) is 10.5 Å². The van der Waals surface area contributed by atoms with Crippen LogP contribution in [0.1, 0.15) is 25.3 Å². The Balaban J connectivity index is 2.20. The van der Waals surface area contributed by atoms with E-state index < -0.39 is 0 Å². The Morgan fingerprint density at radius 2 is 2.20 bits per heavy atom. The molecule has 0 amide bonds. The van der Waals surface area contributed by atoms with Gasteiger partial charge in [0.25, 0.3) is 0 Å². The molecule has 0 fully saturated rings. The monoisotopic (exact) mass is 296 g/mol. The first-order chi connectivity index (χ1) is 9.67. The molecule has 0 saturated carbocycles. The van der Waals surface area contributed by atoms with Crippen LogP contribution in [0.4, 0.5) is 0 Å². The van der Waals surface area contributed by atoms with E-state index in [2.05, 4.69) is 25.1 Å². The standard InChI is InChI=1S/C16H28N2OS/c1-14(8-11-20-3)18(2)9-5-10-19-16-7-4-6-15(12-16)13-17/h4,6-7,12,14H,5,8-11,13,17H2,1-3H3. The number of nitrogens with two attached hydrogens (primary N) is 1. The third-order valence-electron chi connectivity index (χ3n) is 3.55. The topological polar surface area (TPSA) is 38.5 Å². The van der Waals surface area contributed by atoms with E-state index in [1.54, 1.807) is 0 Å². The highest BCUT2D eigenvalue weighted by atomic mass is 32.2. The average molecular weight is 296 g/mol. The lowest BCUT2D eigenvalue weighted by molar-refractivity contribution is 0.221. The molecule has 0 radical (unpaired) electrons. The molecule has 1 aromatic rings. The molecular formula is C16H28N2OS. The first-order valence-corrected chi connectivity index (χ1v) is 8.67. The van der Waals surface area contributed by atoms with Crippen LogP contribution in [0.2, 0.25) is 0 Å². The van der Waals surface area contributed by atoms with Crippen molar-refractivity contribution in [2.75, 3.05) is 32.2 Å². The largest absolute Gasteiger partial charge is 0.494 e. The number of hydrogen-bond acceptors (Lipinski definition) is 4. The van der Waals surface area contributed by atoms with Crippen molar-refractivity contribution in [3.63, 3.8) is 0 Å². The summed E-state index contributed by atoms with van der Waals surface area (Å²) in [6.07, 6.45) is 4.46. The van der Waals surface area contributed by atoms with E-state index in [1.165, 1.54) is 12.2 Å². The quantitative estimate of drug-likeness (QED) is 0.674. The summed E-state index contributed by atoms with van der Waals surface area (Å²) in [6, 6.07) is 8.67. The maximum atomic E-state index is 5.77. The van der Waals surface area contributed by atoms with E-state index >= 15 is 0 Å². The van der Waals surface area contributed by atoms with E-state index in [9.17, 15) is 0 Å². The molecule has 0 aliphatic heterocycles. The van der Waals surface area contributed by atoms with Gasteiger partial charge in [-0.25, -0.2) is 0 Å². The molecule has 0 aliphatic carbocycles. The smallest absolute Gasteiger partial charge is 0.119 e. The maximum absolute atomic E-state index is 5.77. The van der Waals surface area contributed by atoms with E-state index in [0.717, 1.165) is 30.9 Å². The predicted molar refractivity (Wildman–Crippen MR) is 89.5 cm³/mol. The minimum atomic E-state index is 0.562. The molecule has 1 unspecified atom stereocenters. The lowest BCUT2D eigenvalue weighted by Crippen LogP contribution is -2.31. The number of thioether (sulfide) groups is 1. The number of benzene rings is 1. The lowest BCUT2D eigenvalue weighted by Gasteiger charge is -2.24. The van der Waals surface area contributed by atoms with E-state index in [1.807, 2.05) is 36.0 Å². The maximum Gasteiger partial charge on any atom is 0.119 e. The van der Waals surface area contributed by atoms with Crippen molar-refractivity contribution in [1.29, 1.82) is 0 Å². The summed E-state index contributed by atoms with van der Waals surface area (Å²) < 4.78 is 5.77. The first kappa shape index (κ1) is 17.3. The second-order valence-electron chi connectivity index (χ2n) is 5.16. The zero-order chi connectivity index (χ0) is 14.8. The molecule has 20 heavy (non-hydrogen) atoms. The Hall–Kier alpha value is -0.710. The van der Waals surface area contributed by atoms with Gasteiger partial charge in [-0.1, -0.05) is 12.1 Å². The summed E-state index contributed by atoms with van der Waals surface area (Å²) in [4.78, 5) is 2.41. The molecule has 1 atom stereocenters. The number of nitrogens with zero attached hydrogens (tertiary/aromatic N) is 1. The van der Waals surface area contributed by atoms with Gasteiger partial charge in [0, 0.05) is 19.1 Å². The van der Waals surface area contributed by atoms with Crippen LogP contribution in [-0.4, -0.2) is 43.1 Å². The zero-order valence-electron chi connectivity index (χ0n) is 13.0. The minimum absolute atomic E-state index is 0.562. The third-order valence-corrected chi connectivity index (χ3v) is 4.19. The van der Waals surface area contributed by atoms with Crippen molar-refractivity contribution in [2.45, 2.75) is 32.4 Å². The highest BCUT2D eigenvalue weighted by Gasteiger charge is 2.08. The SMILES string of the molecule is CSCCC(C)N(C)CCCOc1cccc(CN)c1. The molecule has 1 rings (SSSR count). The van der Waals surface area contributed by atoms with Crippen LogP contribution in [0.25, 0.3) is 0 Å². The van der Waals surface area contributed by atoms with Gasteiger partial charge in [-0.15, -0.1) is 0 Å². The molecule has 0 aromatic heterocycles. The average Bonchev–Trinajstić information content (AvgIpc) is 2.49. The van der Waals surface area contributed by atoms with E-state index in [-0.39, 0.29) is 0 Å². The van der Waals surface area contributed by atoms with Gasteiger partial charge in [-0.3, -0.25) is 0 Å². The van der Waals surface area contributed by atoms with Crippen molar-refractivity contribution in [3.05, 3.63) is 29.8 Å². The number of hydrogen-bond donors (Lipinski definition) is 1. The van der Waals surface area contributed by atoms with Gasteiger partial charge < -0.3 is 15.4 Å². The second-order valence-corrected chi connectivity index (χ2v) is 6.15. The Bertz CT molecular complexity index is 373. The molecule has 0 spiro atoms. The summed E-state index contributed by atoms with van der Waals surface area (Å²) in [7, 11) is 2.19. The lowest BCUT2D eigenvalue weighted by atomic mass is 10.2. The molecule has 0 saturated heterocycles. The van der Waals surface area contributed by atoms with Crippen LogP contribution in [-0.2, 0) is 6.54 Å². The van der Waals surface area contributed by atoms with Crippen molar-refractivity contribution in [1.82, 2.24) is 4.90 Å². The summed E-state index contributed by atoms with van der Waals surface area (Å²) in [5.41, 5.74) is 6.74. The first-order valence-electron chi connectivity index (χ1n) is 7.28. The van der Waals surface area contributed by atoms with Gasteiger partial charge in [-0.05, 0) is 56.5 Å². The van der Waals surface area contributed by atoms with Crippen LogP contribution >= 0.6 is 11.8 Å². The van der Waals surface area contributed by atoms with Gasteiger partial charge in [0.15, 0.2) is 0 Å². The Morgan fingerprint density at radius 1 is 1.40 bits per heavy atom. The summed E-state index contributed by atoms with van der Waals surface area (Å²) >= 11 is 1.91. The van der Waals surface area contributed by atoms with Gasteiger partial charge in [0.2, 0.25) is 0 Å². The fourth-order valence-corrected chi connectivity index (χ4v) is 2.57. The van der Waals surface area contributed by atoms with Crippen LogP contribution < -0.4 is 10.5 Å². The number of rotatable bonds is 10. The highest BCUT2D eigenvalue weighted by Crippen LogP contribution is 2.13. The molecule has 114 valence electrons. The van der Waals surface area contributed by atoms with Crippen LogP contribution in [0.5, 0.6) is 5.75 Å². The molecular weight excluding hydrogens is 268 g/mol. The van der Waals surface area contributed by atoms with Crippen molar-refractivity contribution >= 4 is 11.8 Å². The second kappa shape index (κ2) is 10.1. The zero-order valence-corrected chi connectivity index (χ0v) is 13.8. The van der Waals surface area contributed by atoms with Crippen LogP contribution in [0, 0.1) is 0 Å². The van der Waals surface area contributed by atoms with Crippen molar-refractivity contribution in [2.24, 2.45) is 5.73 Å². The van der Waals surface area contributed by atoms with E-state index in [0.29, 0.717) is 12.6 Å². The molecule has 0 heterocycles. The fraction of sp³-hybridized carbons (Fsp3) is 0.625. The molecule has 0 aliphatic rings. The molecule has 1 aromatic carbocycles. The molecule has 4 heteroatoms. The van der Waals surface area contributed by atoms with Gasteiger partial charge in [-0.2, -0.15) is 11.8 Å². The fourth-order valence-electron chi connectivity index (χ4n) is 2.00. The summed E-state index contributed by atoms with van der Waals surface area (Å²) in [6.45, 7) is 4.69. The van der Waals surface area contributed by atoms with Crippen LogP contribution in [0.3, 0.4) is 0 Å². The van der Waals surface area contributed by atoms with Gasteiger partial charge in [0.1, 0.15) is 5.75 Å². The minimum Gasteiger partial charge on any atom is -0.494 e. The summed E-state index contributed by atoms with van der Waals surface area (Å²) in [5.74, 6) is 2.15. The highest BCUT2D eigenvalue weighted by molar-refractivity contribution is 7.98. The molecule has 0 bridgehead atoms. The summed E-state index contributed by atoms with van der Waals surface area (Å²) in [5, 5.41) is 0. The Labute approximate surface area is 127 Å². The van der Waals surface area contributed by atoms with Crippen LogP contribution in [0.15, 0.2) is 24.3 Å². The third kappa shape index (κ3) is 6.64. The Morgan fingerprint density at radius 3 is 2.90 bits per heavy atom. The van der Waals surface area contributed by atoms with Crippen molar-refractivity contribution < 1.29 is 4.74 Å². The Kier molecular flexibility index (Phi) is 8.74. The van der Waals surface area contributed by atoms with Gasteiger partial charge >= 0.3 is 0 Å².